The van der Waals surface area contributed by atoms with Crippen LogP contribution in [0.5, 0.6) is 17.2 Å². The number of methoxy groups -OCH3 is 3. The number of hydrogen-bond donors (Lipinski definition) is 0. The van der Waals surface area contributed by atoms with Crippen LogP contribution in [0.1, 0.15) is 29.7 Å². The van der Waals surface area contributed by atoms with Gasteiger partial charge in [0.2, 0.25) is 5.75 Å². The van der Waals surface area contributed by atoms with Gasteiger partial charge in [-0.05, 0) is 42.1 Å². The minimum absolute atomic E-state index is 0.0250. The van der Waals surface area contributed by atoms with Gasteiger partial charge in [0.25, 0.3) is 0 Å². The molecule has 0 fully saturated rings. The van der Waals surface area contributed by atoms with Crippen molar-refractivity contribution in [3.63, 3.8) is 0 Å². The van der Waals surface area contributed by atoms with E-state index in [1.54, 1.807) is 18.2 Å². The Morgan fingerprint density at radius 3 is 2.30 bits per heavy atom. The molecule has 0 saturated carbocycles. The van der Waals surface area contributed by atoms with Gasteiger partial charge in [-0.3, -0.25) is 4.79 Å². The van der Waals surface area contributed by atoms with Crippen molar-refractivity contribution in [3.05, 3.63) is 45.7 Å². The zero-order valence-electron chi connectivity index (χ0n) is 17.3. The number of rotatable bonds is 10. The highest BCUT2D eigenvalue weighted by Gasteiger charge is 2.21. The van der Waals surface area contributed by atoms with Crippen LogP contribution in [0.2, 0.25) is 0 Å². The number of hydrogen-bond acceptors (Lipinski definition) is 8. The first-order valence-electron chi connectivity index (χ1n) is 9.07. The molecule has 0 bridgehead atoms. The Kier molecular flexibility index (Phi) is 8.44. The standard InChI is InChI=1S/C22H23NO6S/c1-14(24)18(12-17-6-5-9-30-17)22(25)29-8-7-15(13-23)16-10-19(26-2)21(28-4)20(11-16)27-3/h5-6,9-12,15H,7-8H2,1-4H3/b18-12+. The predicted molar refractivity (Wildman–Crippen MR) is 113 cm³/mol. The lowest BCUT2D eigenvalue weighted by molar-refractivity contribution is -0.140. The molecule has 8 heteroatoms. The molecule has 1 atom stereocenters. The summed E-state index contributed by atoms with van der Waals surface area (Å²) in [6, 6.07) is 9.21. The molecular weight excluding hydrogens is 406 g/mol. The molecule has 7 nitrogen and oxygen atoms in total. The average molecular weight is 429 g/mol. The molecule has 30 heavy (non-hydrogen) atoms. The van der Waals surface area contributed by atoms with Gasteiger partial charge in [0.05, 0.1) is 39.9 Å². The third kappa shape index (κ3) is 5.61. The van der Waals surface area contributed by atoms with Gasteiger partial charge >= 0.3 is 5.97 Å². The molecule has 0 N–H and O–H groups in total. The number of thiophene rings is 1. The molecule has 2 aromatic rings. The lowest BCUT2D eigenvalue weighted by Crippen LogP contribution is -2.15. The van der Waals surface area contributed by atoms with Crippen LogP contribution in [0.15, 0.2) is 35.2 Å². The molecule has 2 rings (SSSR count). The molecule has 1 aromatic heterocycles. The van der Waals surface area contributed by atoms with Gasteiger partial charge in [0, 0.05) is 11.3 Å². The van der Waals surface area contributed by atoms with Crippen molar-refractivity contribution in [2.75, 3.05) is 27.9 Å². The number of nitrogens with zero attached hydrogens (tertiary/aromatic N) is 1. The highest BCUT2D eigenvalue weighted by atomic mass is 32.1. The number of ketones is 1. The van der Waals surface area contributed by atoms with Crippen molar-refractivity contribution in [2.24, 2.45) is 0 Å². The van der Waals surface area contributed by atoms with Crippen molar-refractivity contribution in [3.8, 4) is 23.3 Å². The molecule has 0 saturated heterocycles. The average Bonchev–Trinajstić information content (AvgIpc) is 3.26. The zero-order valence-corrected chi connectivity index (χ0v) is 18.1. The molecular formula is C22H23NO6S. The lowest BCUT2D eigenvalue weighted by atomic mass is 9.96. The molecule has 0 radical (unpaired) electrons. The van der Waals surface area contributed by atoms with Crippen LogP contribution in [0.25, 0.3) is 6.08 Å². The monoisotopic (exact) mass is 429 g/mol. The Morgan fingerprint density at radius 1 is 1.17 bits per heavy atom. The van der Waals surface area contributed by atoms with Gasteiger partial charge in [-0.15, -0.1) is 11.3 Å². The lowest BCUT2D eigenvalue weighted by Gasteiger charge is -2.16. The summed E-state index contributed by atoms with van der Waals surface area (Å²) in [6.45, 7) is 1.29. The van der Waals surface area contributed by atoms with E-state index in [1.165, 1.54) is 45.7 Å². The second kappa shape index (κ2) is 11.0. The summed E-state index contributed by atoms with van der Waals surface area (Å²) < 4.78 is 21.2. The Balaban J connectivity index is 2.11. The highest BCUT2D eigenvalue weighted by Crippen LogP contribution is 2.40. The molecule has 158 valence electrons. The van der Waals surface area contributed by atoms with Crippen molar-refractivity contribution in [1.29, 1.82) is 5.26 Å². The van der Waals surface area contributed by atoms with E-state index in [0.29, 0.717) is 22.8 Å². The predicted octanol–water partition coefficient (Wildman–Crippen LogP) is 3.99. The smallest absolute Gasteiger partial charge is 0.341 e. The van der Waals surface area contributed by atoms with Crippen molar-refractivity contribution in [1.82, 2.24) is 0 Å². The highest BCUT2D eigenvalue weighted by molar-refractivity contribution is 7.10. The Labute approximate surface area is 179 Å². The number of carbonyl (C=O) groups excluding carboxylic acids is 2. The second-order valence-corrected chi connectivity index (χ2v) is 7.17. The molecule has 0 aliphatic heterocycles. The van der Waals surface area contributed by atoms with Gasteiger partial charge in [-0.2, -0.15) is 5.26 Å². The minimum atomic E-state index is -0.711. The molecule has 1 unspecified atom stereocenters. The van der Waals surface area contributed by atoms with Crippen LogP contribution in [0, 0.1) is 11.3 Å². The van der Waals surface area contributed by atoms with E-state index < -0.39 is 11.9 Å². The molecule has 1 heterocycles. The Bertz CT molecular complexity index is 933. The summed E-state index contributed by atoms with van der Waals surface area (Å²) in [4.78, 5) is 25.0. The normalized spacial score (nSPS) is 11.9. The summed E-state index contributed by atoms with van der Waals surface area (Å²) in [5.41, 5.74) is 0.614. The number of Topliss-reactive ketones (excluding diaryl/α,β-unsaturated/α-hetero) is 1. The Morgan fingerprint density at radius 2 is 1.83 bits per heavy atom. The van der Waals surface area contributed by atoms with E-state index in [2.05, 4.69) is 6.07 Å². The largest absolute Gasteiger partial charge is 0.493 e. The van der Waals surface area contributed by atoms with Crippen LogP contribution < -0.4 is 14.2 Å². The summed E-state index contributed by atoms with van der Waals surface area (Å²) in [5.74, 6) is -0.374. The summed E-state index contributed by atoms with van der Waals surface area (Å²) in [6.07, 6.45) is 1.75. The number of benzene rings is 1. The SMILES string of the molecule is COc1cc(C(C#N)CCOC(=O)/C(=C/c2cccs2)C(C)=O)cc(OC)c1OC. The van der Waals surface area contributed by atoms with Crippen molar-refractivity contribution >= 4 is 29.2 Å². The molecule has 0 aliphatic carbocycles. The van der Waals surface area contributed by atoms with E-state index in [4.69, 9.17) is 18.9 Å². The third-order valence-electron chi connectivity index (χ3n) is 4.31. The molecule has 0 amide bonds. The van der Waals surface area contributed by atoms with Crippen LogP contribution in [0.4, 0.5) is 0 Å². The number of ether oxygens (including phenoxy) is 4. The van der Waals surface area contributed by atoms with Gasteiger partial charge in [0.1, 0.15) is 5.57 Å². The summed E-state index contributed by atoms with van der Waals surface area (Å²) >= 11 is 1.41. The van der Waals surface area contributed by atoms with Gasteiger partial charge in [0.15, 0.2) is 17.3 Å². The van der Waals surface area contributed by atoms with Crippen LogP contribution in [-0.4, -0.2) is 39.7 Å². The maximum absolute atomic E-state index is 12.4. The van der Waals surface area contributed by atoms with Crippen molar-refractivity contribution in [2.45, 2.75) is 19.3 Å². The summed E-state index contributed by atoms with van der Waals surface area (Å²) in [5, 5.41) is 11.5. The topological polar surface area (TPSA) is 94.9 Å². The van der Waals surface area contributed by atoms with Gasteiger partial charge in [-0.1, -0.05) is 6.07 Å². The first kappa shape index (κ1) is 23.0. The van der Waals surface area contributed by atoms with E-state index in [-0.39, 0.29) is 24.4 Å². The van der Waals surface area contributed by atoms with Crippen LogP contribution in [-0.2, 0) is 14.3 Å². The van der Waals surface area contributed by atoms with E-state index >= 15 is 0 Å². The fourth-order valence-electron chi connectivity index (χ4n) is 2.78. The van der Waals surface area contributed by atoms with E-state index in [9.17, 15) is 14.9 Å². The first-order valence-corrected chi connectivity index (χ1v) is 9.95. The number of nitriles is 1. The molecule has 0 spiro atoms. The van der Waals surface area contributed by atoms with E-state index in [1.807, 2.05) is 11.4 Å². The first-order chi connectivity index (χ1) is 14.4. The van der Waals surface area contributed by atoms with Crippen LogP contribution in [0.3, 0.4) is 0 Å². The second-order valence-electron chi connectivity index (χ2n) is 6.19. The maximum Gasteiger partial charge on any atom is 0.341 e. The Hall–Kier alpha value is -3.31. The fourth-order valence-corrected chi connectivity index (χ4v) is 3.43. The van der Waals surface area contributed by atoms with Gasteiger partial charge in [-0.25, -0.2) is 4.79 Å². The summed E-state index contributed by atoms with van der Waals surface area (Å²) in [7, 11) is 4.48. The molecule has 0 aliphatic rings. The van der Waals surface area contributed by atoms with Gasteiger partial charge < -0.3 is 18.9 Å². The fraction of sp³-hybridized carbons (Fsp3) is 0.318. The van der Waals surface area contributed by atoms with E-state index in [0.717, 1.165) is 4.88 Å². The molecule has 1 aromatic carbocycles. The van der Waals surface area contributed by atoms with Crippen LogP contribution >= 0.6 is 11.3 Å². The zero-order chi connectivity index (χ0) is 22.1. The third-order valence-corrected chi connectivity index (χ3v) is 5.13. The maximum atomic E-state index is 12.4. The van der Waals surface area contributed by atoms with Crippen molar-refractivity contribution < 1.29 is 28.5 Å². The quantitative estimate of drug-likeness (QED) is 0.244. The minimum Gasteiger partial charge on any atom is -0.493 e. The number of carbonyl (C=O) groups is 2. The number of esters is 1.